The van der Waals surface area contributed by atoms with E-state index in [1.807, 2.05) is 48.5 Å². The van der Waals surface area contributed by atoms with Crippen LogP contribution in [0.2, 0.25) is 0 Å². The van der Waals surface area contributed by atoms with Crippen LogP contribution in [0.15, 0.2) is 60.7 Å². The molecule has 0 aliphatic carbocycles. The Hall–Kier alpha value is -3.14. The molecule has 4 aromatic rings. The first kappa shape index (κ1) is 14.5. The molecule has 2 aromatic carbocycles. The van der Waals surface area contributed by atoms with Crippen molar-refractivity contribution >= 4 is 21.8 Å². The van der Waals surface area contributed by atoms with Gasteiger partial charge in [-0.2, -0.15) is 0 Å². The molecule has 0 unspecified atom stereocenters. The van der Waals surface area contributed by atoms with Crippen LogP contribution in [-0.4, -0.2) is 24.2 Å². The minimum atomic E-state index is 0.598. The number of pyridine rings is 2. The zero-order valence-corrected chi connectivity index (χ0v) is 13.5. The lowest BCUT2D eigenvalue weighted by Crippen LogP contribution is -1.93. The molecule has 0 aliphatic rings. The van der Waals surface area contributed by atoms with Gasteiger partial charge in [-0.05, 0) is 12.1 Å². The largest absolute Gasteiger partial charge is 0.481 e. The molecule has 118 valence electrons. The topological polar surface area (TPSA) is 44.2 Å². The molecule has 24 heavy (non-hydrogen) atoms. The van der Waals surface area contributed by atoms with Crippen LogP contribution in [0.25, 0.3) is 32.9 Å². The Morgan fingerprint density at radius 3 is 1.46 bits per heavy atom. The first-order chi connectivity index (χ1) is 11.8. The predicted molar refractivity (Wildman–Crippen MR) is 95.6 cm³/mol. The lowest BCUT2D eigenvalue weighted by atomic mass is 9.99. The molecule has 4 nitrogen and oxygen atoms in total. The summed E-state index contributed by atoms with van der Waals surface area (Å²) in [5.41, 5.74) is 3.85. The molecule has 2 aromatic heterocycles. The van der Waals surface area contributed by atoms with E-state index in [1.54, 1.807) is 14.2 Å². The Morgan fingerprint density at radius 1 is 0.583 bits per heavy atom. The quantitative estimate of drug-likeness (QED) is 0.559. The van der Waals surface area contributed by atoms with Gasteiger partial charge in [-0.3, -0.25) is 0 Å². The van der Waals surface area contributed by atoms with Gasteiger partial charge in [0.15, 0.2) is 0 Å². The van der Waals surface area contributed by atoms with Gasteiger partial charge in [-0.15, -0.1) is 0 Å². The number of fused-ring (bicyclic) bond motifs is 2. The van der Waals surface area contributed by atoms with Gasteiger partial charge in [0.2, 0.25) is 11.8 Å². The highest BCUT2D eigenvalue weighted by Gasteiger charge is 2.11. The second-order valence-corrected chi connectivity index (χ2v) is 5.46. The Morgan fingerprint density at radius 2 is 1.04 bits per heavy atom. The highest BCUT2D eigenvalue weighted by atomic mass is 16.5. The van der Waals surface area contributed by atoms with Gasteiger partial charge in [-0.1, -0.05) is 36.4 Å². The molecular formula is C20H16N2O2. The summed E-state index contributed by atoms with van der Waals surface area (Å²) in [6, 6.07) is 20.1. The Kier molecular flexibility index (Phi) is 3.50. The van der Waals surface area contributed by atoms with Crippen LogP contribution in [0.5, 0.6) is 11.8 Å². The number of hydrogen-bond donors (Lipinski definition) is 0. The molecular weight excluding hydrogens is 300 g/mol. The first-order valence-corrected chi connectivity index (χ1v) is 7.68. The van der Waals surface area contributed by atoms with Crippen molar-refractivity contribution in [2.24, 2.45) is 0 Å². The fraction of sp³-hybridized carbons (Fsp3) is 0.100. The van der Waals surface area contributed by atoms with E-state index >= 15 is 0 Å². The molecule has 0 amide bonds. The van der Waals surface area contributed by atoms with E-state index in [1.165, 1.54) is 0 Å². The minimum absolute atomic E-state index is 0.598. The highest BCUT2D eigenvalue weighted by Crippen LogP contribution is 2.33. The number of rotatable bonds is 3. The van der Waals surface area contributed by atoms with Gasteiger partial charge in [0.1, 0.15) is 0 Å². The fourth-order valence-corrected chi connectivity index (χ4v) is 2.92. The van der Waals surface area contributed by atoms with E-state index < -0.39 is 0 Å². The molecule has 0 bridgehead atoms. The molecule has 4 rings (SSSR count). The van der Waals surface area contributed by atoms with E-state index in [0.717, 1.165) is 32.9 Å². The van der Waals surface area contributed by atoms with Gasteiger partial charge in [-0.25, -0.2) is 9.97 Å². The van der Waals surface area contributed by atoms with Crippen LogP contribution >= 0.6 is 0 Å². The van der Waals surface area contributed by atoms with Crippen molar-refractivity contribution in [1.29, 1.82) is 0 Å². The minimum Gasteiger partial charge on any atom is -0.481 e. The number of hydrogen-bond acceptors (Lipinski definition) is 4. The van der Waals surface area contributed by atoms with Crippen molar-refractivity contribution in [3.8, 4) is 22.9 Å². The van der Waals surface area contributed by atoms with Crippen molar-refractivity contribution in [3.05, 3.63) is 60.7 Å². The van der Waals surface area contributed by atoms with E-state index in [-0.39, 0.29) is 0 Å². The number of methoxy groups -OCH3 is 2. The van der Waals surface area contributed by atoms with Crippen LogP contribution in [0.4, 0.5) is 0 Å². The van der Waals surface area contributed by atoms with E-state index in [2.05, 4.69) is 22.1 Å². The molecule has 0 aliphatic heterocycles. The third-order valence-electron chi connectivity index (χ3n) is 4.10. The summed E-state index contributed by atoms with van der Waals surface area (Å²) in [4.78, 5) is 9.28. The van der Waals surface area contributed by atoms with Crippen LogP contribution < -0.4 is 9.47 Å². The van der Waals surface area contributed by atoms with Crippen molar-refractivity contribution < 1.29 is 9.47 Å². The number of aromatic nitrogens is 2. The Labute approximate surface area is 139 Å². The number of ether oxygens (including phenoxy) is 2. The molecule has 0 N–H and O–H groups in total. The Bertz CT molecular complexity index is 959. The van der Waals surface area contributed by atoms with E-state index in [9.17, 15) is 0 Å². The summed E-state index contributed by atoms with van der Waals surface area (Å²) < 4.78 is 10.6. The average Bonchev–Trinajstić information content (AvgIpc) is 2.66. The normalized spacial score (nSPS) is 10.9. The third-order valence-corrected chi connectivity index (χ3v) is 4.10. The summed E-state index contributed by atoms with van der Waals surface area (Å²) >= 11 is 0. The lowest BCUT2D eigenvalue weighted by Gasteiger charge is -2.10. The molecule has 2 heterocycles. The van der Waals surface area contributed by atoms with Crippen LogP contribution in [-0.2, 0) is 0 Å². The number of benzene rings is 2. The van der Waals surface area contributed by atoms with Gasteiger partial charge in [0.25, 0.3) is 0 Å². The summed E-state index contributed by atoms with van der Waals surface area (Å²) in [5, 5.41) is 2.13. The average molecular weight is 316 g/mol. The summed E-state index contributed by atoms with van der Waals surface area (Å²) in [6.45, 7) is 0. The van der Waals surface area contributed by atoms with E-state index in [4.69, 9.17) is 9.47 Å². The first-order valence-electron chi connectivity index (χ1n) is 7.68. The second-order valence-electron chi connectivity index (χ2n) is 5.46. The number of para-hydroxylation sites is 2. The van der Waals surface area contributed by atoms with Gasteiger partial charge < -0.3 is 9.47 Å². The van der Waals surface area contributed by atoms with Gasteiger partial charge >= 0.3 is 0 Å². The zero-order valence-electron chi connectivity index (χ0n) is 13.5. The third kappa shape index (κ3) is 2.33. The van der Waals surface area contributed by atoms with Crippen molar-refractivity contribution in [3.63, 3.8) is 0 Å². The van der Waals surface area contributed by atoms with E-state index in [0.29, 0.717) is 11.8 Å². The Balaban J connectivity index is 2.05. The molecule has 0 spiro atoms. The molecule has 0 atom stereocenters. The highest BCUT2D eigenvalue weighted by molar-refractivity contribution is 6.02. The predicted octanol–water partition coefficient (Wildman–Crippen LogP) is 4.47. The molecule has 0 saturated heterocycles. The maximum atomic E-state index is 5.29. The second kappa shape index (κ2) is 5.81. The maximum absolute atomic E-state index is 5.29. The molecule has 4 heteroatoms. The van der Waals surface area contributed by atoms with Crippen molar-refractivity contribution in [1.82, 2.24) is 9.97 Å². The molecule has 0 radical (unpaired) electrons. The van der Waals surface area contributed by atoms with Crippen LogP contribution in [0.1, 0.15) is 0 Å². The molecule has 0 fully saturated rings. The monoisotopic (exact) mass is 316 g/mol. The maximum Gasteiger partial charge on any atom is 0.213 e. The number of nitrogens with zero attached hydrogens (tertiary/aromatic N) is 2. The van der Waals surface area contributed by atoms with Crippen molar-refractivity contribution in [2.75, 3.05) is 14.2 Å². The zero-order chi connectivity index (χ0) is 16.5. The van der Waals surface area contributed by atoms with Crippen molar-refractivity contribution in [2.45, 2.75) is 0 Å². The van der Waals surface area contributed by atoms with Gasteiger partial charge in [0.05, 0.1) is 25.3 Å². The summed E-state index contributed by atoms with van der Waals surface area (Å²) in [7, 11) is 3.25. The van der Waals surface area contributed by atoms with Crippen LogP contribution in [0, 0.1) is 0 Å². The summed E-state index contributed by atoms with van der Waals surface area (Å²) in [5.74, 6) is 1.20. The SMILES string of the molecule is COc1ccc2cccc(-c3cccc4ccc(OC)nc34)c2n1. The smallest absolute Gasteiger partial charge is 0.213 e. The van der Waals surface area contributed by atoms with Crippen LogP contribution in [0.3, 0.4) is 0 Å². The lowest BCUT2D eigenvalue weighted by molar-refractivity contribution is 0.399. The standard InChI is InChI=1S/C20H16N2O2/c1-23-17-11-9-13-5-3-7-15(19(13)21-17)16-8-4-6-14-10-12-18(24-2)22-20(14)16/h3-12H,1-2H3. The summed E-state index contributed by atoms with van der Waals surface area (Å²) in [6.07, 6.45) is 0. The van der Waals surface area contributed by atoms with Gasteiger partial charge in [0, 0.05) is 34.0 Å². The fourth-order valence-electron chi connectivity index (χ4n) is 2.92. The molecule has 0 saturated carbocycles.